The van der Waals surface area contributed by atoms with Gasteiger partial charge in [-0.1, -0.05) is 39.3 Å². The van der Waals surface area contributed by atoms with Crippen LogP contribution < -0.4 is 0 Å². The molecule has 0 radical (unpaired) electrons. The van der Waals surface area contributed by atoms with Gasteiger partial charge in [0.2, 0.25) is 0 Å². The van der Waals surface area contributed by atoms with E-state index in [1.807, 2.05) is 0 Å². The number of hydrogen-bond acceptors (Lipinski definition) is 0. The van der Waals surface area contributed by atoms with Crippen molar-refractivity contribution >= 4 is 10.2 Å². The molecular formula is C10H13F5S. The molecule has 1 aromatic carbocycles. The second-order valence-corrected chi connectivity index (χ2v) is 6.55. The summed E-state index contributed by atoms with van der Waals surface area (Å²) in [5, 5.41) is 0. The maximum absolute atomic E-state index is 12.5. The largest absolute Gasteiger partial charge is 0.310 e. The molecule has 1 aromatic rings. The predicted molar refractivity (Wildman–Crippen MR) is 56.7 cm³/mol. The van der Waals surface area contributed by atoms with Gasteiger partial charge in [-0.2, -0.15) is 0 Å². The standard InChI is InChI=1S/C10H13F5S/c1-7(2)10-5-4-9(6-8(10)3)16(11,12,13,14)15/h4-7H,1-3H3. The molecule has 0 aliphatic rings. The Kier molecular flexibility index (Phi) is 2.42. The van der Waals surface area contributed by atoms with Crippen LogP contribution >= 0.6 is 10.2 Å². The number of aryl methyl sites for hydroxylation is 1. The molecule has 0 nitrogen and oxygen atoms in total. The van der Waals surface area contributed by atoms with Crippen molar-refractivity contribution in [1.29, 1.82) is 0 Å². The van der Waals surface area contributed by atoms with E-state index in [1.54, 1.807) is 13.8 Å². The lowest BCUT2D eigenvalue weighted by molar-refractivity contribution is 0.364. The minimum absolute atomic E-state index is 0.00701. The van der Waals surface area contributed by atoms with Crippen LogP contribution in [-0.4, -0.2) is 0 Å². The first-order valence-corrected chi connectivity index (χ1v) is 6.61. The molecule has 0 aliphatic heterocycles. The molecule has 0 spiro atoms. The van der Waals surface area contributed by atoms with E-state index >= 15 is 0 Å². The Morgan fingerprint density at radius 1 is 1.00 bits per heavy atom. The molecule has 0 aliphatic carbocycles. The van der Waals surface area contributed by atoms with E-state index in [0.29, 0.717) is 17.7 Å². The van der Waals surface area contributed by atoms with E-state index in [-0.39, 0.29) is 11.5 Å². The summed E-state index contributed by atoms with van der Waals surface area (Å²) in [6.07, 6.45) is 0. The average molecular weight is 260 g/mol. The Labute approximate surface area is 91.2 Å². The lowest BCUT2D eigenvalue weighted by Gasteiger charge is -2.40. The van der Waals surface area contributed by atoms with Crippen LogP contribution in [0.25, 0.3) is 0 Å². The van der Waals surface area contributed by atoms with E-state index in [2.05, 4.69) is 0 Å². The highest BCUT2D eigenvalue weighted by Gasteiger charge is 2.65. The van der Waals surface area contributed by atoms with E-state index in [9.17, 15) is 19.4 Å². The van der Waals surface area contributed by atoms with Crippen molar-refractivity contribution in [2.24, 2.45) is 0 Å². The summed E-state index contributed by atoms with van der Waals surface area (Å²) in [4.78, 5) is -1.82. The molecule has 0 fully saturated rings. The number of benzene rings is 1. The normalized spacial score (nSPS) is 17.1. The summed E-state index contributed by atoms with van der Waals surface area (Å²) < 4.78 is 62.3. The Bertz CT molecular complexity index is 418. The monoisotopic (exact) mass is 260 g/mol. The van der Waals surface area contributed by atoms with Crippen molar-refractivity contribution in [2.45, 2.75) is 31.6 Å². The van der Waals surface area contributed by atoms with Gasteiger partial charge in [0.05, 0.1) is 0 Å². The number of hydrogen-bond donors (Lipinski definition) is 0. The summed E-state index contributed by atoms with van der Waals surface area (Å²) in [7, 11) is -9.52. The van der Waals surface area contributed by atoms with Crippen LogP contribution in [0.2, 0.25) is 0 Å². The number of rotatable bonds is 2. The average Bonchev–Trinajstić information content (AvgIpc) is 1.98. The first-order valence-electron chi connectivity index (χ1n) is 4.66. The van der Waals surface area contributed by atoms with Crippen LogP contribution in [0.15, 0.2) is 23.1 Å². The van der Waals surface area contributed by atoms with Gasteiger partial charge in [0.25, 0.3) is 0 Å². The van der Waals surface area contributed by atoms with Crippen molar-refractivity contribution in [3.63, 3.8) is 0 Å². The molecule has 1 rings (SSSR count). The minimum Gasteiger partial charge on any atom is -0.0936 e. The molecule has 94 valence electrons. The lowest BCUT2D eigenvalue weighted by Crippen LogP contribution is -2.07. The van der Waals surface area contributed by atoms with Crippen molar-refractivity contribution in [3.05, 3.63) is 29.3 Å². The maximum atomic E-state index is 12.5. The van der Waals surface area contributed by atoms with Gasteiger partial charge in [0.15, 0.2) is 0 Å². The fourth-order valence-electron chi connectivity index (χ4n) is 1.54. The SMILES string of the molecule is Cc1cc(S(F)(F)(F)(F)F)ccc1C(C)C. The summed E-state index contributed by atoms with van der Waals surface area (Å²) in [6.45, 7) is 4.99. The van der Waals surface area contributed by atoms with Gasteiger partial charge in [0.1, 0.15) is 4.90 Å². The molecule has 0 heterocycles. The van der Waals surface area contributed by atoms with Gasteiger partial charge in [-0.05, 0) is 36.1 Å². The van der Waals surface area contributed by atoms with E-state index < -0.39 is 15.1 Å². The predicted octanol–water partition coefficient (Wildman–Crippen LogP) is 5.78. The molecule has 0 atom stereocenters. The van der Waals surface area contributed by atoms with Crippen molar-refractivity contribution in [2.75, 3.05) is 0 Å². The second kappa shape index (κ2) is 2.91. The van der Waals surface area contributed by atoms with Crippen LogP contribution in [0.4, 0.5) is 19.4 Å². The van der Waals surface area contributed by atoms with E-state index in [1.165, 1.54) is 6.92 Å². The van der Waals surface area contributed by atoms with Gasteiger partial charge in [-0.3, -0.25) is 0 Å². The van der Waals surface area contributed by atoms with Crippen LogP contribution in [0.3, 0.4) is 0 Å². The lowest BCUT2D eigenvalue weighted by atomic mass is 9.98. The van der Waals surface area contributed by atoms with Crippen molar-refractivity contribution < 1.29 is 19.4 Å². The summed E-state index contributed by atoms with van der Waals surface area (Å²) in [5.74, 6) is 0.00701. The van der Waals surface area contributed by atoms with Crippen LogP contribution in [0, 0.1) is 6.92 Å². The third kappa shape index (κ3) is 2.87. The van der Waals surface area contributed by atoms with Gasteiger partial charge in [-0.25, -0.2) is 0 Å². The topological polar surface area (TPSA) is 0 Å². The Balaban J connectivity index is 3.40. The zero-order chi connectivity index (χ0) is 12.8. The van der Waals surface area contributed by atoms with Crippen LogP contribution in [0.5, 0.6) is 0 Å². The maximum Gasteiger partial charge on any atom is 0.310 e. The molecule has 0 amide bonds. The minimum atomic E-state index is -9.52. The molecule has 6 heteroatoms. The highest BCUT2D eigenvalue weighted by molar-refractivity contribution is 8.45. The van der Waals surface area contributed by atoms with Gasteiger partial charge >= 0.3 is 10.2 Å². The van der Waals surface area contributed by atoms with E-state index in [4.69, 9.17) is 0 Å². The van der Waals surface area contributed by atoms with E-state index in [0.717, 1.165) is 6.07 Å². The summed E-state index contributed by atoms with van der Waals surface area (Å²) in [6, 6.07) is 2.11. The van der Waals surface area contributed by atoms with Gasteiger partial charge < -0.3 is 0 Å². The highest BCUT2D eigenvalue weighted by atomic mass is 32.5. The fourth-order valence-corrected chi connectivity index (χ4v) is 2.26. The molecule has 0 aromatic heterocycles. The molecular weight excluding hydrogens is 247 g/mol. The Hall–Kier alpha value is -0.780. The summed E-state index contributed by atoms with van der Waals surface area (Å²) >= 11 is 0. The molecule has 16 heavy (non-hydrogen) atoms. The fraction of sp³-hybridized carbons (Fsp3) is 0.400. The summed E-state index contributed by atoms with van der Waals surface area (Å²) in [5.41, 5.74) is 0.881. The number of halogens is 5. The molecule has 0 bridgehead atoms. The quantitative estimate of drug-likeness (QED) is 0.591. The zero-order valence-corrected chi connectivity index (χ0v) is 9.92. The molecule has 0 saturated carbocycles. The molecule has 0 N–H and O–H groups in total. The van der Waals surface area contributed by atoms with Crippen LogP contribution in [-0.2, 0) is 0 Å². The van der Waals surface area contributed by atoms with Crippen LogP contribution in [0.1, 0.15) is 30.9 Å². The first-order chi connectivity index (χ1) is 6.81. The molecule has 0 unspecified atom stereocenters. The zero-order valence-electron chi connectivity index (χ0n) is 9.11. The highest BCUT2D eigenvalue weighted by Crippen LogP contribution is 3.02. The Morgan fingerprint density at radius 3 is 1.81 bits per heavy atom. The van der Waals surface area contributed by atoms with Gasteiger partial charge in [-0.15, -0.1) is 0 Å². The first kappa shape index (κ1) is 13.3. The van der Waals surface area contributed by atoms with Gasteiger partial charge in [0, 0.05) is 0 Å². The third-order valence-corrected chi connectivity index (χ3v) is 3.45. The third-order valence-electron chi connectivity index (χ3n) is 2.31. The van der Waals surface area contributed by atoms with Crippen molar-refractivity contribution in [1.82, 2.24) is 0 Å². The smallest absolute Gasteiger partial charge is 0.0936 e. The second-order valence-electron chi connectivity index (χ2n) is 4.14. The van der Waals surface area contributed by atoms with Crippen molar-refractivity contribution in [3.8, 4) is 0 Å². The Morgan fingerprint density at radius 2 is 1.50 bits per heavy atom. The molecule has 0 saturated heterocycles.